The summed E-state index contributed by atoms with van der Waals surface area (Å²) in [5.41, 5.74) is 9.37. The second-order valence-electron chi connectivity index (χ2n) is 6.81. The van der Waals surface area contributed by atoms with Gasteiger partial charge in [0, 0.05) is 17.3 Å². The van der Waals surface area contributed by atoms with Crippen LogP contribution in [0.4, 0.5) is 0 Å². The van der Waals surface area contributed by atoms with E-state index in [-0.39, 0.29) is 6.10 Å². The highest BCUT2D eigenvalue weighted by Gasteiger charge is 2.40. The summed E-state index contributed by atoms with van der Waals surface area (Å²) in [4.78, 5) is 11.8. The molecule has 0 aromatic carbocycles. The SMILES string of the molecule is CC(N=[N+]=[N-])(c1cnc(OC2CC2)c2cnc(Cl)cc12)C1CCC1. The number of nitrogens with zero attached hydrogens (tertiary/aromatic N) is 5. The summed E-state index contributed by atoms with van der Waals surface area (Å²) in [6.07, 6.45) is 9.11. The predicted molar refractivity (Wildman–Crippen MR) is 92.0 cm³/mol. The van der Waals surface area contributed by atoms with Gasteiger partial charge in [0.15, 0.2) is 0 Å². The van der Waals surface area contributed by atoms with Gasteiger partial charge >= 0.3 is 0 Å². The van der Waals surface area contributed by atoms with Gasteiger partial charge in [0.2, 0.25) is 5.88 Å². The Balaban J connectivity index is 1.90. The van der Waals surface area contributed by atoms with Crippen LogP contribution in [0.3, 0.4) is 0 Å². The number of halogens is 1. The fraction of sp³-hybridized carbons (Fsp3) is 0.529. The average Bonchev–Trinajstić information content (AvgIpc) is 3.29. The van der Waals surface area contributed by atoms with Crippen LogP contribution in [0, 0.1) is 5.92 Å². The summed E-state index contributed by atoms with van der Waals surface area (Å²) in [5, 5.41) is 6.30. The molecule has 0 aliphatic heterocycles. The van der Waals surface area contributed by atoms with Gasteiger partial charge in [-0.25, -0.2) is 9.97 Å². The average molecular weight is 344 g/mol. The maximum Gasteiger partial charge on any atom is 0.223 e. The predicted octanol–water partition coefficient (Wildman–Crippen LogP) is 5.15. The molecule has 0 saturated heterocycles. The van der Waals surface area contributed by atoms with Crippen molar-refractivity contribution in [3.8, 4) is 5.88 Å². The Bertz CT molecular complexity index is 842. The van der Waals surface area contributed by atoms with Crippen molar-refractivity contribution >= 4 is 22.4 Å². The van der Waals surface area contributed by atoms with Gasteiger partial charge in [0.25, 0.3) is 0 Å². The molecular weight excluding hydrogens is 326 g/mol. The normalized spacial score (nSPS) is 20.1. The number of hydrogen-bond acceptors (Lipinski definition) is 4. The molecule has 2 fully saturated rings. The van der Waals surface area contributed by atoms with Gasteiger partial charge in [-0.3, -0.25) is 0 Å². The third kappa shape index (κ3) is 2.56. The van der Waals surface area contributed by atoms with Gasteiger partial charge in [-0.1, -0.05) is 23.1 Å². The lowest BCUT2D eigenvalue weighted by atomic mass is 9.68. The van der Waals surface area contributed by atoms with Gasteiger partial charge in [-0.2, -0.15) is 0 Å². The molecule has 0 amide bonds. The first-order valence-electron chi connectivity index (χ1n) is 8.29. The van der Waals surface area contributed by atoms with Gasteiger partial charge in [-0.05, 0) is 61.1 Å². The summed E-state index contributed by atoms with van der Waals surface area (Å²) < 4.78 is 5.91. The zero-order valence-corrected chi connectivity index (χ0v) is 14.2. The van der Waals surface area contributed by atoms with E-state index in [0.29, 0.717) is 17.0 Å². The number of fused-ring (bicyclic) bond motifs is 1. The summed E-state index contributed by atoms with van der Waals surface area (Å²) in [6, 6.07) is 1.82. The standard InChI is InChI=1S/C17H18ClN5O/c1-17(22-23-19,10-3-2-4-10)14-9-21-16(24-11-5-6-11)13-8-20-15(18)7-12(13)14/h7-11H,2-6H2,1H3. The molecule has 0 spiro atoms. The largest absolute Gasteiger partial charge is 0.474 e. The molecule has 6 nitrogen and oxygen atoms in total. The van der Waals surface area contributed by atoms with Crippen molar-refractivity contribution in [3.05, 3.63) is 39.6 Å². The third-order valence-electron chi connectivity index (χ3n) is 5.20. The molecular formula is C17H18ClN5O. The molecule has 2 aromatic rings. The van der Waals surface area contributed by atoms with Crippen LogP contribution in [0.2, 0.25) is 5.15 Å². The Morgan fingerprint density at radius 3 is 2.67 bits per heavy atom. The van der Waals surface area contributed by atoms with Gasteiger partial charge in [0.05, 0.1) is 10.9 Å². The molecule has 1 atom stereocenters. The van der Waals surface area contributed by atoms with Crippen LogP contribution >= 0.6 is 11.6 Å². The Morgan fingerprint density at radius 2 is 2.04 bits per heavy atom. The van der Waals surface area contributed by atoms with Crippen molar-refractivity contribution in [2.45, 2.75) is 50.7 Å². The molecule has 124 valence electrons. The topological polar surface area (TPSA) is 83.8 Å². The summed E-state index contributed by atoms with van der Waals surface area (Å²) in [5.74, 6) is 0.901. The second kappa shape index (κ2) is 5.80. The number of azide groups is 1. The molecule has 0 N–H and O–H groups in total. The Labute approximate surface area is 144 Å². The first-order valence-corrected chi connectivity index (χ1v) is 8.67. The Hall–Kier alpha value is -2.04. The van der Waals surface area contributed by atoms with E-state index >= 15 is 0 Å². The van der Waals surface area contributed by atoms with Gasteiger partial charge in [-0.15, -0.1) is 0 Å². The van der Waals surface area contributed by atoms with Crippen molar-refractivity contribution in [1.82, 2.24) is 9.97 Å². The molecule has 4 rings (SSSR count). The summed E-state index contributed by atoms with van der Waals surface area (Å²) >= 11 is 6.14. The zero-order valence-electron chi connectivity index (χ0n) is 13.4. The second-order valence-corrected chi connectivity index (χ2v) is 7.20. The summed E-state index contributed by atoms with van der Waals surface area (Å²) in [7, 11) is 0. The number of aromatic nitrogens is 2. The van der Waals surface area contributed by atoms with Crippen LogP contribution in [0.5, 0.6) is 5.88 Å². The number of rotatable bonds is 5. The molecule has 1 unspecified atom stereocenters. The van der Waals surface area contributed by atoms with Crippen LogP contribution in [0.1, 0.15) is 44.6 Å². The monoisotopic (exact) mass is 343 g/mol. The first-order chi connectivity index (χ1) is 11.6. The summed E-state index contributed by atoms with van der Waals surface area (Å²) in [6.45, 7) is 1.99. The van der Waals surface area contributed by atoms with E-state index < -0.39 is 5.54 Å². The molecule has 0 bridgehead atoms. The quantitative estimate of drug-likeness (QED) is 0.325. The lowest BCUT2D eigenvalue weighted by molar-refractivity contribution is 0.184. The number of ether oxygens (including phenoxy) is 1. The van der Waals surface area contributed by atoms with Crippen LogP contribution in [-0.4, -0.2) is 16.1 Å². The first kappa shape index (κ1) is 15.5. The fourth-order valence-electron chi connectivity index (χ4n) is 3.35. The smallest absolute Gasteiger partial charge is 0.223 e. The molecule has 2 aliphatic rings. The Morgan fingerprint density at radius 1 is 1.25 bits per heavy atom. The van der Waals surface area contributed by atoms with E-state index in [1.54, 1.807) is 12.4 Å². The lowest BCUT2D eigenvalue weighted by Crippen LogP contribution is -2.34. The minimum absolute atomic E-state index is 0.248. The number of hydrogen-bond donors (Lipinski definition) is 0. The van der Waals surface area contributed by atoms with E-state index in [4.69, 9.17) is 21.9 Å². The van der Waals surface area contributed by atoms with E-state index in [1.807, 2.05) is 13.0 Å². The van der Waals surface area contributed by atoms with Crippen LogP contribution in [-0.2, 0) is 5.54 Å². The molecule has 2 aromatic heterocycles. The maximum absolute atomic E-state index is 9.12. The molecule has 2 aliphatic carbocycles. The van der Waals surface area contributed by atoms with Crippen LogP contribution < -0.4 is 4.74 Å². The molecule has 7 heteroatoms. The van der Waals surface area contributed by atoms with E-state index in [9.17, 15) is 0 Å². The van der Waals surface area contributed by atoms with Crippen molar-refractivity contribution < 1.29 is 4.74 Å². The van der Waals surface area contributed by atoms with Crippen LogP contribution in [0.25, 0.3) is 21.2 Å². The highest BCUT2D eigenvalue weighted by molar-refractivity contribution is 6.30. The van der Waals surface area contributed by atoms with Gasteiger partial charge < -0.3 is 4.74 Å². The highest BCUT2D eigenvalue weighted by atomic mass is 35.5. The van der Waals surface area contributed by atoms with Gasteiger partial charge in [0.1, 0.15) is 11.3 Å². The Kier molecular flexibility index (Phi) is 3.74. The maximum atomic E-state index is 9.12. The molecule has 2 saturated carbocycles. The fourth-order valence-corrected chi connectivity index (χ4v) is 3.50. The van der Waals surface area contributed by atoms with Crippen molar-refractivity contribution in [3.63, 3.8) is 0 Å². The van der Waals surface area contributed by atoms with Crippen molar-refractivity contribution in [2.24, 2.45) is 11.0 Å². The molecule has 2 heterocycles. The molecule has 24 heavy (non-hydrogen) atoms. The van der Waals surface area contributed by atoms with E-state index in [0.717, 1.165) is 48.4 Å². The van der Waals surface area contributed by atoms with Crippen LogP contribution in [0.15, 0.2) is 23.6 Å². The highest BCUT2D eigenvalue weighted by Crippen LogP contribution is 2.48. The lowest BCUT2D eigenvalue weighted by Gasteiger charge is -2.40. The van der Waals surface area contributed by atoms with Crippen molar-refractivity contribution in [2.75, 3.05) is 0 Å². The molecule has 0 radical (unpaired) electrons. The van der Waals surface area contributed by atoms with Crippen molar-refractivity contribution in [1.29, 1.82) is 0 Å². The zero-order chi connectivity index (χ0) is 16.7. The van der Waals surface area contributed by atoms with E-state index in [1.165, 1.54) is 0 Å². The van der Waals surface area contributed by atoms with E-state index in [2.05, 4.69) is 20.0 Å². The number of pyridine rings is 2. The third-order valence-corrected chi connectivity index (χ3v) is 5.41. The minimum Gasteiger partial charge on any atom is -0.474 e. The minimum atomic E-state index is -0.638.